The maximum Gasteiger partial charge on any atom is 0.0133 e. The van der Waals surface area contributed by atoms with Crippen LogP contribution in [-0.2, 0) is 6.42 Å². The normalized spacial score (nSPS) is 20.5. The van der Waals surface area contributed by atoms with Crippen molar-refractivity contribution in [1.29, 1.82) is 0 Å². The maximum atomic E-state index is 6.18. The second-order valence-electron chi connectivity index (χ2n) is 4.59. The van der Waals surface area contributed by atoms with Crippen LogP contribution in [0.4, 0.5) is 0 Å². The summed E-state index contributed by atoms with van der Waals surface area (Å²) in [5.41, 5.74) is 7.98. The first-order valence-electron chi connectivity index (χ1n) is 5.10. The smallest absolute Gasteiger partial charge is 0.0133 e. The van der Waals surface area contributed by atoms with Crippen molar-refractivity contribution in [3.8, 4) is 0 Å². The molecule has 2 N–H and O–H groups in total. The molecule has 0 aromatic heterocycles. The standard InChI is InChI=1S/C12H16IN/c1-12(6-7-12)11(14)8-9-2-4-10(13)5-3-9/h2-5,11H,6-8,14H2,1H3. The molecule has 14 heavy (non-hydrogen) atoms. The van der Waals surface area contributed by atoms with Gasteiger partial charge in [0.15, 0.2) is 0 Å². The molecule has 1 fully saturated rings. The highest BCUT2D eigenvalue weighted by Gasteiger charge is 2.42. The Labute approximate surface area is 99.2 Å². The Balaban J connectivity index is 2.00. The molecule has 0 bridgehead atoms. The van der Waals surface area contributed by atoms with E-state index in [0.29, 0.717) is 11.5 Å². The van der Waals surface area contributed by atoms with Gasteiger partial charge in [-0.05, 0) is 65.0 Å². The van der Waals surface area contributed by atoms with Crippen LogP contribution in [0.1, 0.15) is 25.3 Å². The highest BCUT2D eigenvalue weighted by Crippen LogP contribution is 2.48. The number of rotatable bonds is 3. The average Bonchev–Trinajstić information content (AvgIpc) is 2.89. The van der Waals surface area contributed by atoms with Gasteiger partial charge in [0.1, 0.15) is 0 Å². The summed E-state index contributed by atoms with van der Waals surface area (Å²) in [6, 6.07) is 9.01. The molecule has 1 aliphatic carbocycles. The molecular formula is C12H16IN. The van der Waals surface area contributed by atoms with Crippen molar-refractivity contribution in [2.45, 2.75) is 32.2 Å². The van der Waals surface area contributed by atoms with Crippen molar-refractivity contribution >= 4 is 22.6 Å². The van der Waals surface area contributed by atoms with Crippen LogP contribution in [-0.4, -0.2) is 6.04 Å². The summed E-state index contributed by atoms with van der Waals surface area (Å²) in [5, 5.41) is 0. The largest absolute Gasteiger partial charge is 0.327 e. The van der Waals surface area contributed by atoms with E-state index in [1.165, 1.54) is 22.0 Å². The third kappa shape index (κ3) is 2.28. The van der Waals surface area contributed by atoms with Crippen LogP contribution in [0.25, 0.3) is 0 Å². The summed E-state index contributed by atoms with van der Waals surface area (Å²) in [5.74, 6) is 0. The van der Waals surface area contributed by atoms with Crippen LogP contribution in [0.15, 0.2) is 24.3 Å². The lowest BCUT2D eigenvalue weighted by Gasteiger charge is -2.18. The van der Waals surface area contributed by atoms with Crippen molar-refractivity contribution in [3.05, 3.63) is 33.4 Å². The predicted molar refractivity (Wildman–Crippen MR) is 68.2 cm³/mol. The molecule has 0 saturated heterocycles. The Morgan fingerprint density at radius 1 is 1.36 bits per heavy atom. The Hall–Kier alpha value is -0.0900. The number of hydrogen-bond acceptors (Lipinski definition) is 1. The minimum atomic E-state index is 0.336. The molecule has 0 radical (unpaired) electrons. The summed E-state index contributed by atoms with van der Waals surface area (Å²) in [7, 11) is 0. The molecule has 1 saturated carbocycles. The van der Waals surface area contributed by atoms with Crippen molar-refractivity contribution in [2.24, 2.45) is 11.1 Å². The van der Waals surface area contributed by atoms with Gasteiger partial charge in [-0.1, -0.05) is 19.1 Å². The van der Waals surface area contributed by atoms with E-state index < -0.39 is 0 Å². The summed E-state index contributed by atoms with van der Waals surface area (Å²) in [6.07, 6.45) is 3.63. The average molecular weight is 301 g/mol. The second-order valence-corrected chi connectivity index (χ2v) is 5.84. The predicted octanol–water partition coefficient (Wildman–Crippen LogP) is 2.96. The van der Waals surface area contributed by atoms with Crippen LogP contribution in [0.3, 0.4) is 0 Å². The lowest BCUT2D eigenvalue weighted by atomic mass is 9.93. The van der Waals surface area contributed by atoms with Crippen LogP contribution in [0.2, 0.25) is 0 Å². The molecule has 2 heteroatoms. The van der Waals surface area contributed by atoms with Crippen molar-refractivity contribution in [2.75, 3.05) is 0 Å². The van der Waals surface area contributed by atoms with E-state index in [9.17, 15) is 0 Å². The summed E-state index contributed by atoms with van der Waals surface area (Å²) in [4.78, 5) is 0. The number of halogens is 1. The van der Waals surface area contributed by atoms with E-state index in [2.05, 4.69) is 53.8 Å². The van der Waals surface area contributed by atoms with Gasteiger partial charge in [-0.2, -0.15) is 0 Å². The lowest BCUT2D eigenvalue weighted by Crippen LogP contribution is -2.31. The summed E-state index contributed by atoms with van der Waals surface area (Å²) in [6.45, 7) is 2.30. The van der Waals surface area contributed by atoms with Crippen LogP contribution in [0.5, 0.6) is 0 Å². The van der Waals surface area contributed by atoms with Gasteiger partial charge < -0.3 is 5.73 Å². The molecule has 1 aliphatic rings. The molecular weight excluding hydrogens is 285 g/mol. The zero-order valence-electron chi connectivity index (χ0n) is 8.46. The van der Waals surface area contributed by atoms with Crippen molar-refractivity contribution < 1.29 is 0 Å². The fourth-order valence-electron chi connectivity index (χ4n) is 1.69. The second kappa shape index (κ2) is 3.81. The molecule has 0 spiro atoms. The minimum absolute atomic E-state index is 0.336. The third-order valence-corrected chi connectivity index (χ3v) is 4.02. The van der Waals surface area contributed by atoms with E-state index in [1.807, 2.05) is 0 Å². The first-order chi connectivity index (χ1) is 6.60. The molecule has 0 amide bonds. The topological polar surface area (TPSA) is 26.0 Å². The first kappa shape index (κ1) is 10.4. The third-order valence-electron chi connectivity index (χ3n) is 3.30. The molecule has 0 aliphatic heterocycles. The van der Waals surface area contributed by atoms with Gasteiger partial charge in [-0.15, -0.1) is 0 Å². The molecule has 76 valence electrons. The van der Waals surface area contributed by atoms with Gasteiger partial charge in [-0.25, -0.2) is 0 Å². The zero-order valence-corrected chi connectivity index (χ0v) is 10.6. The summed E-state index contributed by atoms with van der Waals surface area (Å²) >= 11 is 2.33. The van der Waals surface area contributed by atoms with Gasteiger partial charge in [-0.3, -0.25) is 0 Å². The Bertz CT molecular complexity index is 314. The molecule has 1 nitrogen and oxygen atoms in total. The monoisotopic (exact) mass is 301 g/mol. The SMILES string of the molecule is CC1(C(N)Cc2ccc(I)cc2)CC1. The van der Waals surface area contributed by atoms with Gasteiger partial charge in [0.05, 0.1) is 0 Å². The van der Waals surface area contributed by atoms with Gasteiger partial charge in [0, 0.05) is 9.61 Å². The highest BCUT2D eigenvalue weighted by atomic mass is 127. The van der Waals surface area contributed by atoms with Crippen LogP contribution >= 0.6 is 22.6 Å². The Morgan fingerprint density at radius 2 is 1.93 bits per heavy atom. The van der Waals surface area contributed by atoms with E-state index in [-0.39, 0.29) is 0 Å². The Kier molecular flexibility index (Phi) is 2.84. The Morgan fingerprint density at radius 3 is 2.43 bits per heavy atom. The van der Waals surface area contributed by atoms with Crippen LogP contribution in [0, 0.1) is 8.99 Å². The lowest BCUT2D eigenvalue weighted by molar-refractivity contribution is 0.433. The molecule has 2 rings (SSSR count). The zero-order chi connectivity index (χ0) is 10.2. The number of benzene rings is 1. The van der Waals surface area contributed by atoms with Gasteiger partial charge in [0.25, 0.3) is 0 Å². The molecule has 0 heterocycles. The minimum Gasteiger partial charge on any atom is -0.327 e. The fraction of sp³-hybridized carbons (Fsp3) is 0.500. The number of hydrogen-bond donors (Lipinski definition) is 1. The van der Waals surface area contributed by atoms with E-state index >= 15 is 0 Å². The van der Waals surface area contributed by atoms with Crippen molar-refractivity contribution in [1.82, 2.24) is 0 Å². The van der Waals surface area contributed by atoms with E-state index in [1.54, 1.807) is 0 Å². The van der Waals surface area contributed by atoms with E-state index in [4.69, 9.17) is 5.73 Å². The van der Waals surface area contributed by atoms with Gasteiger partial charge in [0.2, 0.25) is 0 Å². The maximum absolute atomic E-state index is 6.18. The van der Waals surface area contributed by atoms with Crippen molar-refractivity contribution in [3.63, 3.8) is 0 Å². The summed E-state index contributed by atoms with van der Waals surface area (Å²) < 4.78 is 1.29. The highest BCUT2D eigenvalue weighted by molar-refractivity contribution is 14.1. The quantitative estimate of drug-likeness (QED) is 0.854. The van der Waals surface area contributed by atoms with Gasteiger partial charge >= 0.3 is 0 Å². The van der Waals surface area contributed by atoms with E-state index in [0.717, 1.165) is 6.42 Å². The molecule has 1 aromatic rings. The van der Waals surface area contributed by atoms with Crippen LogP contribution < -0.4 is 5.73 Å². The molecule has 1 atom stereocenters. The molecule has 1 aromatic carbocycles. The molecule has 1 unspecified atom stereocenters. The fourth-order valence-corrected chi connectivity index (χ4v) is 2.05. The first-order valence-corrected chi connectivity index (χ1v) is 6.18. The number of nitrogens with two attached hydrogens (primary N) is 1.